The Morgan fingerprint density at radius 1 is 0.698 bits per heavy atom. The largest absolute Gasteiger partial charge is 0.478 e. The zero-order chi connectivity index (χ0) is 37.8. The molecule has 3 aromatic rings. The maximum Gasteiger partial charge on any atom is 0.335 e. The molecule has 53 heavy (non-hydrogen) atoms. The highest BCUT2D eigenvalue weighted by molar-refractivity contribution is 8.01. The number of aliphatic imine (C=N–C) groups is 1. The molecular weight excluding hydrogens is 689 g/mol. The molecule has 0 aromatic heterocycles. The molecule has 1 aliphatic heterocycles. The summed E-state index contributed by atoms with van der Waals surface area (Å²) < 4.78 is 0. The molecule has 1 saturated heterocycles. The van der Waals surface area contributed by atoms with Gasteiger partial charge in [0, 0.05) is 63.9 Å². The van der Waals surface area contributed by atoms with Gasteiger partial charge in [0.25, 0.3) is 11.8 Å². The van der Waals surface area contributed by atoms with Gasteiger partial charge < -0.3 is 10.2 Å². The van der Waals surface area contributed by atoms with E-state index in [0.717, 1.165) is 17.8 Å². The Balaban J connectivity index is 1.46. The van der Waals surface area contributed by atoms with Gasteiger partial charge in [-0.1, -0.05) is 24.3 Å². The van der Waals surface area contributed by atoms with Crippen molar-refractivity contribution in [1.82, 2.24) is 10.7 Å². The molecule has 0 bridgehead atoms. The third kappa shape index (κ3) is 11.5. The Labute approximate surface area is 308 Å². The molecule has 0 spiro atoms. The van der Waals surface area contributed by atoms with Crippen molar-refractivity contribution in [2.24, 2.45) is 4.99 Å². The lowest BCUT2D eigenvalue weighted by atomic mass is 10.1. The first-order valence-electron chi connectivity index (χ1n) is 14.7. The molecule has 0 aliphatic carbocycles. The molecule has 248 valence electrons. The summed E-state index contributed by atoms with van der Waals surface area (Å²) in [5, 5.41) is 21.7. The van der Waals surface area contributed by atoms with Gasteiger partial charge in [-0.3, -0.25) is 20.3 Å². The molecular formula is C42H18N4O6S. The maximum atomic E-state index is 13.7. The highest BCUT2D eigenvalue weighted by Crippen LogP contribution is 2.32. The fourth-order valence-electron chi connectivity index (χ4n) is 3.96. The summed E-state index contributed by atoms with van der Waals surface area (Å²) in [6.45, 7) is 0. The van der Waals surface area contributed by atoms with Gasteiger partial charge in [-0.25, -0.2) is 19.6 Å². The number of hydrazine groups is 1. The number of anilines is 1. The molecule has 1 heterocycles. The van der Waals surface area contributed by atoms with E-state index in [-0.39, 0.29) is 28.2 Å². The number of rotatable bonds is 7. The number of hydrogen-bond donors (Lipinski definition) is 4. The zero-order valence-electron chi connectivity index (χ0n) is 26.9. The number of aromatic carboxylic acids is 2. The van der Waals surface area contributed by atoms with Gasteiger partial charge in [0.05, 0.1) is 22.5 Å². The van der Waals surface area contributed by atoms with E-state index in [1.807, 2.05) is 0 Å². The van der Waals surface area contributed by atoms with Gasteiger partial charge in [0.1, 0.15) is 11.1 Å². The summed E-state index contributed by atoms with van der Waals surface area (Å²) in [6.07, 6.45) is 4.96. The highest BCUT2D eigenvalue weighted by Gasteiger charge is 2.39. The molecule has 1 atom stereocenters. The number of benzene rings is 3. The Kier molecular flexibility index (Phi) is 13.6. The number of thioether (sulfide) groups is 1. The van der Waals surface area contributed by atoms with Gasteiger partial charge in [0.15, 0.2) is 0 Å². The van der Waals surface area contributed by atoms with Crippen LogP contribution in [0.1, 0.15) is 31.1 Å². The van der Waals surface area contributed by atoms with Crippen molar-refractivity contribution >= 4 is 52.7 Å². The quantitative estimate of drug-likeness (QED) is 0.217. The number of nitrogens with one attached hydrogen (secondary N) is 2. The average molecular weight is 707 g/mol. The zero-order valence-corrected chi connectivity index (χ0v) is 27.7. The van der Waals surface area contributed by atoms with Crippen molar-refractivity contribution in [3.8, 4) is 107 Å². The Bertz CT molecular complexity index is 2590. The fourth-order valence-corrected chi connectivity index (χ4v) is 5.01. The van der Waals surface area contributed by atoms with Gasteiger partial charge in [-0.05, 0) is 95.9 Å². The maximum absolute atomic E-state index is 13.7. The first kappa shape index (κ1) is 37.2. The Morgan fingerprint density at radius 2 is 1.25 bits per heavy atom. The lowest BCUT2D eigenvalue weighted by Crippen LogP contribution is -2.35. The van der Waals surface area contributed by atoms with E-state index in [4.69, 9.17) is 6.42 Å². The summed E-state index contributed by atoms with van der Waals surface area (Å²) in [6, 6.07) is 21.0. The molecule has 3 aromatic carbocycles. The molecule has 1 fully saturated rings. The van der Waals surface area contributed by atoms with E-state index >= 15 is 0 Å². The van der Waals surface area contributed by atoms with Crippen LogP contribution in [0.15, 0.2) is 82.7 Å². The van der Waals surface area contributed by atoms with Crippen LogP contribution in [0.3, 0.4) is 0 Å². The van der Waals surface area contributed by atoms with Gasteiger partial charge in [-0.2, -0.15) is 0 Å². The summed E-state index contributed by atoms with van der Waals surface area (Å²) in [4.78, 5) is 54.8. The van der Waals surface area contributed by atoms with E-state index in [1.54, 1.807) is 54.6 Å². The number of para-hydroxylation sites is 1. The number of carbonyl (C=O) groups is 4. The van der Waals surface area contributed by atoms with Crippen molar-refractivity contribution in [1.29, 1.82) is 0 Å². The van der Waals surface area contributed by atoms with E-state index in [0.29, 0.717) is 10.6 Å². The summed E-state index contributed by atoms with van der Waals surface area (Å²) in [7, 11) is 0. The average Bonchev–Trinajstić information content (AvgIpc) is 3.46. The van der Waals surface area contributed by atoms with E-state index in [2.05, 4.69) is 117 Å². The van der Waals surface area contributed by atoms with Crippen LogP contribution in [0.5, 0.6) is 0 Å². The lowest BCUT2D eigenvalue weighted by Gasteiger charge is -2.15. The Hall–Kier alpha value is -8.60. The highest BCUT2D eigenvalue weighted by atomic mass is 32.2. The first-order valence-corrected chi connectivity index (χ1v) is 15.5. The van der Waals surface area contributed by atoms with Gasteiger partial charge in [-0.15, -0.1) is 18.2 Å². The summed E-state index contributed by atoms with van der Waals surface area (Å²) in [5.41, 5.74) is 3.13. The Morgan fingerprint density at radius 3 is 1.79 bits per heavy atom. The van der Waals surface area contributed by atoms with Crippen LogP contribution in [0, 0.1) is 107 Å². The number of carbonyl (C=O) groups excluding carboxylic acids is 2. The SMILES string of the molecule is C#CC#CC#CC#CC#CC#CC#CC#CC#CNC(=O)c1cccc(SC2C(=O)N(c3ccccc3)NC2=Nc2cc(C(=O)O)cc(C(=O)O)c2)c1. The topological polar surface area (TPSA) is 148 Å². The second kappa shape index (κ2) is 19.4. The molecule has 11 heteroatoms. The molecule has 2 amide bonds. The van der Waals surface area contributed by atoms with Crippen LogP contribution >= 0.6 is 11.8 Å². The molecule has 4 rings (SSSR count). The van der Waals surface area contributed by atoms with Crippen LogP contribution < -0.4 is 15.8 Å². The van der Waals surface area contributed by atoms with Crippen molar-refractivity contribution in [2.45, 2.75) is 10.1 Å². The van der Waals surface area contributed by atoms with Crippen LogP contribution in [0.25, 0.3) is 0 Å². The third-order valence-electron chi connectivity index (χ3n) is 6.13. The monoisotopic (exact) mass is 706 g/mol. The summed E-state index contributed by atoms with van der Waals surface area (Å²) in [5.74, 6) is 35.3. The van der Waals surface area contributed by atoms with E-state index in [9.17, 15) is 29.4 Å². The number of terminal acetylenes is 1. The second-order valence-electron chi connectivity index (χ2n) is 9.62. The molecule has 0 radical (unpaired) electrons. The summed E-state index contributed by atoms with van der Waals surface area (Å²) >= 11 is 1.08. The van der Waals surface area contributed by atoms with Crippen LogP contribution in [-0.2, 0) is 4.79 Å². The smallest absolute Gasteiger partial charge is 0.335 e. The predicted octanol–water partition coefficient (Wildman–Crippen LogP) is 3.17. The first-order chi connectivity index (χ1) is 25.8. The third-order valence-corrected chi connectivity index (χ3v) is 7.32. The molecule has 1 unspecified atom stereocenters. The number of carboxylic acid groups (broad SMARTS) is 2. The standard InChI is InChI=1S/C42H18N4O6S/c1-2-3-4-5-6-7-8-9-10-11-12-13-14-15-16-20-26-43-39(47)31-22-21-25-36(30-31)53-37-38(45-46(40(37)48)35-23-18-17-19-24-35)44-34-28-32(41(49)50)27-33(29-34)42(51)52/h1,17-19,21-25,27-30,37H,(H,43,47)(H,44,45)(H,49,50)(H,51,52). The van der Waals surface area contributed by atoms with E-state index < -0.39 is 29.0 Å². The number of carboxylic acids is 2. The van der Waals surface area contributed by atoms with Gasteiger partial charge >= 0.3 is 11.9 Å². The normalized spacial score (nSPS) is 12.1. The minimum Gasteiger partial charge on any atom is -0.478 e. The van der Waals surface area contributed by atoms with Crippen molar-refractivity contribution in [3.05, 3.63) is 89.5 Å². The number of nitrogens with zero attached hydrogens (tertiary/aromatic N) is 2. The van der Waals surface area contributed by atoms with Crippen molar-refractivity contribution < 1.29 is 29.4 Å². The molecule has 0 saturated carbocycles. The van der Waals surface area contributed by atoms with E-state index in [1.165, 1.54) is 17.1 Å². The van der Waals surface area contributed by atoms with Crippen LogP contribution in [0.2, 0.25) is 0 Å². The second-order valence-corrected chi connectivity index (χ2v) is 10.8. The number of amides is 2. The van der Waals surface area contributed by atoms with Gasteiger partial charge in [0.2, 0.25) is 0 Å². The minimum atomic E-state index is -1.34. The van der Waals surface area contributed by atoms with Crippen molar-refractivity contribution in [2.75, 3.05) is 5.01 Å². The fraction of sp³-hybridized carbons (Fsp3) is 0.0238. The number of amidine groups is 1. The van der Waals surface area contributed by atoms with Crippen LogP contribution in [-0.4, -0.2) is 45.1 Å². The predicted molar refractivity (Wildman–Crippen MR) is 199 cm³/mol. The lowest BCUT2D eigenvalue weighted by molar-refractivity contribution is -0.116. The molecule has 1 aliphatic rings. The minimum absolute atomic E-state index is 0.00839. The van der Waals surface area contributed by atoms with Crippen LogP contribution in [0.4, 0.5) is 11.4 Å². The number of hydrogen-bond acceptors (Lipinski definition) is 6. The van der Waals surface area contributed by atoms with Crippen molar-refractivity contribution in [3.63, 3.8) is 0 Å². The molecule has 4 N–H and O–H groups in total. The molecule has 10 nitrogen and oxygen atoms in total.